The lowest BCUT2D eigenvalue weighted by Gasteiger charge is -2.16. The van der Waals surface area contributed by atoms with E-state index >= 15 is 0 Å². The predicted molar refractivity (Wildman–Crippen MR) is 73.2 cm³/mol. The van der Waals surface area contributed by atoms with Gasteiger partial charge in [-0.15, -0.1) is 0 Å². The molecule has 0 atom stereocenters. The van der Waals surface area contributed by atoms with Gasteiger partial charge in [-0.25, -0.2) is 18.4 Å². The molecule has 0 saturated heterocycles. The molecule has 0 aliphatic heterocycles. The Morgan fingerprint density at radius 1 is 0.960 bits per heavy atom. The fraction of sp³-hybridized carbons (Fsp3) is 0.385. The molecule has 0 saturated carbocycles. The van der Waals surface area contributed by atoms with Crippen LogP contribution in [0.25, 0.3) is 0 Å². The average Bonchev–Trinajstić information content (AvgIpc) is 2.49. The molecule has 0 heterocycles. The van der Waals surface area contributed by atoms with Crippen LogP contribution in [-0.4, -0.2) is 37.8 Å². The van der Waals surface area contributed by atoms with Gasteiger partial charge in [0.15, 0.2) is 13.3 Å². The van der Waals surface area contributed by atoms with E-state index < -0.39 is 37.8 Å². The Morgan fingerprint density at radius 2 is 1.44 bits per heavy atom. The van der Waals surface area contributed by atoms with Crippen LogP contribution in [-0.2, 0) is 9.47 Å². The summed E-state index contributed by atoms with van der Waals surface area (Å²) in [5, 5.41) is 3.69. The van der Waals surface area contributed by atoms with Gasteiger partial charge in [0.25, 0.3) is 0 Å². The first-order valence-corrected chi connectivity index (χ1v) is 6.46. The number of carbonyl (C=O) groups excluding carboxylic acids is 2. The average molecular weight is 374 g/mol. The van der Waals surface area contributed by atoms with Crippen molar-refractivity contribution in [3.8, 4) is 0 Å². The maximum absolute atomic E-state index is 12.6. The highest BCUT2D eigenvalue weighted by Gasteiger charge is 2.35. The van der Waals surface area contributed by atoms with Crippen LogP contribution in [0.2, 0.25) is 0 Å². The fourth-order valence-corrected chi connectivity index (χ4v) is 1.44. The predicted octanol–water partition coefficient (Wildman–Crippen LogP) is 4.22. The number of carbonyl (C=O) groups is 2. The van der Waals surface area contributed by atoms with E-state index in [1.807, 2.05) is 10.6 Å². The Bertz CT molecular complexity index is 641. The highest BCUT2D eigenvalue weighted by atomic mass is 19.3. The SMILES string of the molecule is Cc1ccc(NC(=O)OC(F)(F)CF)cc1NC(=O)OC(F)(F)CF. The molecular formula is C13H12F6N2O4. The molecule has 2 N–H and O–H groups in total. The molecule has 0 fully saturated rings. The molecule has 1 rings (SSSR count). The first kappa shape index (κ1) is 20.4. The summed E-state index contributed by atoms with van der Waals surface area (Å²) in [7, 11) is 0. The van der Waals surface area contributed by atoms with Gasteiger partial charge >= 0.3 is 24.4 Å². The van der Waals surface area contributed by atoms with Crippen LogP contribution in [0.15, 0.2) is 18.2 Å². The number of alkyl halides is 6. The van der Waals surface area contributed by atoms with E-state index in [9.17, 15) is 35.9 Å². The monoisotopic (exact) mass is 374 g/mol. The van der Waals surface area contributed by atoms with Crippen molar-refractivity contribution < 1.29 is 45.4 Å². The van der Waals surface area contributed by atoms with Crippen molar-refractivity contribution in [1.29, 1.82) is 0 Å². The number of halogens is 6. The number of hydrogen-bond acceptors (Lipinski definition) is 4. The number of aryl methyl sites for hydroxylation is 1. The third-order valence-corrected chi connectivity index (χ3v) is 2.52. The summed E-state index contributed by atoms with van der Waals surface area (Å²) in [5.41, 5.74) is -0.0129. The second-order valence-electron chi connectivity index (χ2n) is 4.60. The molecule has 1 aromatic carbocycles. The van der Waals surface area contributed by atoms with Crippen LogP contribution in [0, 0.1) is 6.92 Å². The van der Waals surface area contributed by atoms with Crippen molar-refractivity contribution in [3.63, 3.8) is 0 Å². The molecule has 0 spiro atoms. The minimum Gasteiger partial charge on any atom is -0.382 e. The van der Waals surface area contributed by atoms with Gasteiger partial charge in [0, 0.05) is 11.4 Å². The molecule has 1 aromatic rings. The van der Waals surface area contributed by atoms with E-state index in [4.69, 9.17) is 0 Å². The first-order chi connectivity index (χ1) is 11.5. The van der Waals surface area contributed by atoms with Gasteiger partial charge in [0.1, 0.15) is 0 Å². The zero-order valence-corrected chi connectivity index (χ0v) is 12.5. The Kier molecular flexibility index (Phi) is 6.48. The Hall–Kier alpha value is -2.66. The minimum absolute atomic E-state index is 0.144. The lowest BCUT2D eigenvalue weighted by Crippen LogP contribution is -2.30. The van der Waals surface area contributed by atoms with Crippen LogP contribution in [0.1, 0.15) is 5.56 Å². The summed E-state index contributed by atoms with van der Waals surface area (Å²) in [4.78, 5) is 22.5. The summed E-state index contributed by atoms with van der Waals surface area (Å²) < 4.78 is 81.2. The number of ether oxygens (including phenoxy) is 2. The van der Waals surface area contributed by atoms with Gasteiger partial charge in [-0.1, -0.05) is 6.07 Å². The smallest absolute Gasteiger partial charge is 0.382 e. The number of nitrogens with one attached hydrogen (secondary N) is 2. The van der Waals surface area contributed by atoms with Gasteiger partial charge in [-0.3, -0.25) is 10.6 Å². The number of rotatable bonds is 6. The number of benzene rings is 1. The zero-order valence-electron chi connectivity index (χ0n) is 12.5. The fourth-order valence-electron chi connectivity index (χ4n) is 1.44. The van der Waals surface area contributed by atoms with Crippen LogP contribution in [0.3, 0.4) is 0 Å². The molecule has 0 unspecified atom stereocenters. The summed E-state index contributed by atoms with van der Waals surface area (Å²) in [6.07, 6.45) is -12.0. The topological polar surface area (TPSA) is 76.7 Å². The molecular weight excluding hydrogens is 362 g/mol. The summed E-state index contributed by atoms with van der Waals surface area (Å²) in [6.45, 7) is -3.02. The maximum atomic E-state index is 12.6. The summed E-state index contributed by atoms with van der Waals surface area (Å²) in [6, 6.07) is 3.49. The second-order valence-corrected chi connectivity index (χ2v) is 4.60. The van der Waals surface area contributed by atoms with Crippen molar-refractivity contribution >= 4 is 23.6 Å². The number of hydrogen-bond donors (Lipinski definition) is 2. The summed E-state index contributed by atoms with van der Waals surface area (Å²) in [5.74, 6) is 0. The molecule has 12 heteroatoms. The van der Waals surface area contributed by atoms with Gasteiger partial charge in [0.2, 0.25) is 0 Å². The third kappa shape index (κ3) is 6.77. The number of amides is 2. The normalized spacial score (nSPS) is 11.6. The van der Waals surface area contributed by atoms with E-state index in [1.165, 1.54) is 19.1 Å². The lowest BCUT2D eigenvalue weighted by molar-refractivity contribution is -0.205. The van der Waals surface area contributed by atoms with Crippen molar-refractivity contribution in [1.82, 2.24) is 0 Å². The van der Waals surface area contributed by atoms with Crippen molar-refractivity contribution in [2.45, 2.75) is 19.1 Å². The second kappa shape index (κ2) is 7.94. The van der Waals surface area contributed by atoms with Gasteiger partial charge in [0.05, 0.1) is 0 Å². The standard InChI is InChI=1S/C13H12F6N2O4/c1-7-2-3-8(20-10(22)24-12(16,17)5-14)4-9(7)21-11(23)25-13(18,19)6-15/h2-4H,5-6H2,1H3,(H,20,22)(H,21,23). The molecule has 2 amide bonds. The van der Waals surface area contributed by atoms with E-state index in [2.05, 4.69) is 9.47 Å². The molecule has 25 heavy (non-hydrogen) atoms. The van der Waals surface area contributed by atoms with Crippen LogP contribution in [0.4, 0.5) is 47.3 Å². The molecule has 0 aliphatic carbocycles. The van der Waals surface area contributed by atoms with Crippen LogP contribution >= 0.6 is 0 Å². The Balaban J connectivity index is 2.79. The van der Waals surface area contributed by atoms with Crippen LogP contribution < -0.4 is 10.6 Å². The molecule has 140 valence electrons. The maximum Gasteiger partial charge on any atom is 0.430 e. The highest BCUT2D eigenvalue weighted by Crippen LogP contribution is 2.23. The van der Waals surface area contributed by atoms with E-state index in [0.717, 1.165) is 6.07 Å². The van der Waals surface area contributed by atoms with E-state index in [-0.39, 0.29) is 11.4 Å². The van der Waals surface area contributed by atoms with Gasteiger partial charge < -0.3 is 9.47 Å². The van der Waals surface area contributed by atoms with Crippen LogP contribution in [0.5, 0.6) is 0 Å². The third-order valence-electron chi connectivity index (χ3n) is 2.52. The van der Waals surface area contributed by atoms with Crippen molar-refractivity contribution in [3.05, 3.63) is 23.8 Å². The van der Waals surface area contributed by atoms with E-state index in [1.54, 1.807) is 0 Å². The number of anilines is 2. The molecule has 0 aliphatic rings. The highest BCUT2D eigenvalue weighted by molar-refractivity contribution is 5.89. The quantitative estimate of drug-likeness (QED) is 0.731. The molecule has 6 nitrogen and oxygen atoms in total. The Morgan fingerprint density at radius 3 is 1.92 bits per heavy atom. The molecule has 0 aromatic heterocycles. The van der Waals surface area contributed by atoms with Gasteiger partial charge in [-0.2, -0.15) is 17.6 Å². The van der Waals surface area contributed by atoms with Crippen molar-refractivity contribution in [2.75, 3.05) is 24.0 Å². The molecule has 0 bridgehead atoms. The lowest BCUT2D eigenvalue weighted by atomic mass is 10.2. The van der Waals surface area contributed by atoms with Gasteiger partial charge in [-0.05, 0) is 24.6 Å². The Labute approximate surface area is 137 Å². The first-order valence-electron chi connectivity index (χ1n) is 6.46. The largest absolute Gasteiger partial charge is 0.430 e. The summed E-state index contributed by atoms with van der Waals surface area (Å²) >= 11 is 0. The molecule has 0 radical (unpaired) electrons. The minimum atomic E-state index is -4.32. The van der Waals surface area contributed by atoms with Crippen molar-refractivity contribution in [2.24, 2.45) is 0 Å². The van der Waals surface area contributed by atoms with E-state index in [0.29, 0.717) is 5.56 Å². The zero-order chi connectivity index (χ0) is 19.3.